The average molecular weight is 231 g/mol. The van der Waals surface area contributed by atoms with E-state index in [1.54, 1.807) is 0 Å². The second-order valence-electron chi connectivity index (χ2n) is 5.75. The van der Waals surface area contributed by atoms with E-state index in [0.717, 1.165) is 5.92 Å². The highest BCUT2D eigenvalue weighted by molar-refractivity contribution is 5.58. The molecule has 0 saturated heterocycles. The molecule has 1 aliphatic rings. The molecule has 1 fully saturated rings. The predicted molar refractivity (Wildman–Crippen MR) is 75.7 cm³/mol. The molecule has 1 aliphatic carbocycles. The van der Waals surface area contributed by atoms with Crippen molar-refractivity contribution < 1.29 is 0 Å². The minimum atomic E-state index is 0.609. The third-order valence-electron chi connectivity index (χ3n) is 4.16. The summed E-state index contributed by atoms with van der Waals surface area (Å²) >= 11 is 0. The van der Waals surface area contributed by atoms with Gasteiger partial charge in [-0.1, -0.05) is 30.5 Å². The summed E-state index contributed by atoms with van der Waals surface area (Å²) in [4.78, 5) is 0. The monoisotopic (exact) mass is 231 g/mol. The third-order valence-corrected chi connectivity index (χ3v) is 4.16. The van der Waals surface area contributed by atoms with Crippen LogP contribution in [-0.2, 0) is 0 Å². The molecule has 1 atom stereocenters. The molecule has 0 radical (unpaired) electrons. The third kappa shape index (κ3) is 2.83. The second kappa shape index (κ2) is 5.12. The second-order valence-corrected chi connectivity index (χ2v) is 5.75. The van der Waals surface area contributed by atoms with Crippen molar-refractivity contribution in [1.82, 2.24) is 0 Å². The molecule has 2 rings (SSSR count). The Morgan fingerprint density at radius 3 is 2.12 bits per heavy atom. The molecule has 0 heterocycles. The number of benzene rings is 1. The SMILES string of the molecule is Cc1cc(C)c(NC(C)C2CCCC2)c(C)c1. The van der Waals surface area contributed by atoms with Crippen molar-refractivity contribution in [3.05, 3.63) is 28.8 Å². The molecular formula is C16H25N. The molecule has 1 saturated carbocycles. The Hall–Kier alpha value is -0.980. The smallest absolute Gasteiger partial charge is 0.0401 e. The molecule has 1 nitrogen and oxygen atoms in total. The summed E-state index contributed by atoms with van der Waals surface area (Å²) in [6.45, 7) is 8.94. The van der Waals surface area contributed by atoms with Crippen molar-refractivity contribution in [2.45, 2.75) is 59.4 Å². The zero-order valence-corrected chi connectivity index (χ0v) is 11.6. The molecule has 0 aromatic heterocycles. The quantitative estimate of drug-likeness (QED) is 0.801. The minimum absolute atomic E-state index is 0.609. The lowest BCUT2D eigenvalue weighted by atomic mass is 9.98. The van der Waals surface area contributed by atoms with E-state index in [1.165, 1.54) is 48.1 Å². The molecule has 1 unspecified atom stereocenters. The van der Waals surface area contributed by atoms with Crippen LogP contribution in [0.15, 0.2) is 12.1 Å². The summed E-state index contributed by atoms with van der Waals surface area (Å²) in [6.07, 6.45) is 5.64. The number of hydrogen-bond donors (Lipinski definition) is 1. The summed E-state index contributed by atoms with van der Waals surface area (Å²) in [5.74, 6) is 0.870. The van der Waals surface area contributed by atoms with Gasteiger partial charge in [0.25, 0.3) is 0 Å². The molecule has 0 aliphatic heterocycles. The molecule has 0 spiro atoms. The van der Waals surface area contributed by atoms with E-state index in [4.69, 9.17) is 0 Å². The molecule has 1 heteroatoms. The first-order chi connectivity index (χ1) is 8.08. The fourth-order valence-electron chi connectivity index (χ4n) is 3.21. The summed E-state index contributed by atoms with van der Waals surface area (Å²) in [5.41, 5.74) is 5.48. The first-order valence-corrected chi connectivity index (χ1v) is 6.92. The minimum Gasteiger partial charge on any atom is -0.382 e. The van der Waals surface area contributed by atoms with Crippen molar-refractivity contribution in [3.8, 4) is 0 Å². The summed E-state index contributed by atoms with van der Waals surface area (Å²) < 4.78 is 0. The lowest BCUT2D eigenvalue weighted by Gasteiger charge is -2.24. The van der Waals surface area contributed by atoms with E-state index < -0.39 is 0 Å². The van der Waals surface area contributed by atoms with Crippen LogP contribution in [0.25, 0.3) is 0 Å². The van der Waals surface area contributed by atoms with Gasteiger partial charge in [0.05, 0.1) is 0 Å². The lowest BCUT2D eigenvalue weighted by Crippen LogP contribution is -2.24. The topological polar surface area (TPSA) is 12.0 Å². The molecule has 94 valence electrons. The molecule has 17 heavy (non-hydrogen) atoms. The van der Waals surface area contributed by atoms with E-state index in [2.05, 4.69) is 45.1 Å². The van der Waals surface area contributed by atoms with Crippen LogP contribution in [0.4, 0.5) is 5.69 Å². The first kappa shape index (κ1) is 12.5. The van der Waals surface area contributed by atoms with E-state index in [0.29, 0.717) is 6.04 Å². The fraction of sp³-hybridized carbons (Fsp3) is 0.625. The van der Waals surface area contributed by atoms with Gasteiger partial charge in [-0.25, -0.2) is 0 Å². The van der Waals surface area contributed by atoms with E-state index >= 15 is 0 Å². The molecular weight excluding hydrogens is 206 g/mol. The van der Waals surface area contributed by atoms with Gasteiger partial charge >= 0.3 is 0 Å². The first-order valence-electron chi connectivity index (χ1n) is 6.92. The lowest BCUT2D eigenvalue weighted by molar-refractivity contribution is 0.482. The Morgan fingerprint density at radius 1 is 1.06 bits per heavy atom. The molecule has 1 aromatic rings. The Morgan fingerprint density at radius 2 is 1.59 bits per heavy atom. The van der Waals surface area contributed by atoms with Gasteiger partial charge in [-0.3, -0.25) is 0 Å². The van der Waals surface area contributed by atoms with Crippen LogP contribution in [0.3, 0.4) is 0 Å². The van der Waals surface area contributed by atoms with Gasteiger partial charge in [-0.05, 0) is 57.6 Å². The number of aryl methyl sites for hydroxylation is 3. The van der Waals surface area contributed by atoms with Crippen LogP contribution in [0.5, 0.6) is 0 Å². The summed E-state index contributed by atoms with van der Waals surface area (Å²) in [6, 6.07) is 5.16. The van der Waals surface area contributed by atoms with Crippen LogP contribution in [0, 0.1) is 26.7 Å². The molecule has 0 bridgehead atoms. The number of nitrogens with one attached hydrogen (secondary N) is 1. The van der Waals surface area contributed by atoms with Gasteiger partial charge in [0.2, 0.25) is 0 Å². The molecule has 0 amide bonds. The van der Waals surface area contributed by atoms with E-state index in [1.807, 2.05) is 0 Å². The van der Waals surface area contributed by atoms with Crippen molar-refractivity contribution in [3.63, 3.8) is 0 Å². The average Bonchev–Trinajstić information content (AvgIpc) is 2.76. The van der Waals surface area contributed by atoms with Crippen LogP contribution >= 0.6 is 0 Å². The molecule has 1 aromatic carbocycles. The Bertz CT molecular complexity index is 366. The maximum atomic E-state index is 3.75. The zero-order valence-electron chi connectivity index (χ0n) is 11.6. The van der Waals surface area contributed by atoms with Crippen LogP contribution in [0.1, 0.15) is 49.3 Å². The van der Waals surface area contributed by atoms with Crippen LogP contribution in [0.2, 0.25) is 0 Å². The van der Waals surface area contributed by atoms with Gasteiger partial charge in [0, 0.05) is 11.7 Å². The van der Waals surface area contributed by atoms with Gasteiger partial charge in [-0.2, -0.15) is 0 Å². The maximum absolute atomic E-state index is 3.75. The maximum Gasteiger partial charge on any atom is 0.0401 e. The van der Waals surface area contributed by atoms with Gasteiger partial charge in [0.15, 0.2) is 0 Å². The standard InChI is InChI=1S/C16H25N/c1-11-9-12(2)16(13(3)10-11)17-14(4)15-7-5-6-8-15/h9-10,14-15,17H,5-8H2,1-4H3. The van der Waals surface area contributed by atoms with Crippen molar-refractivity contribution >= 4 is 5.69 Å². The van der Waals surface area contributed by atoms with Crippen molar-refractivity contribution in [1.29, 1.82) is 0 Å². The Balaban J connectivity index is 2.12. The van der Waals surface area contributed by atoms with E-state index in [9.17, 15) is 0 Å². The van der Waals surface area contributed by atoms with Gasteiger partial charge in [-0.15, -0.1) is 0 Å². The van der Waals surface area contributed by atoms with Crippen molar-refractivity contribution in [2.24, 2.45) is 5.92 Å². The normalized spacial score (nSPS) is 18.4. The number of anilines is 1. The Kier molecular flexibility index (Phi) is 3.76. The highest BCUT2D eigenvalue weighted by atomic mass is 14.9. The van der Waals surface area contributed by atoms with Crippen molar-refractivity contribution in [2.75, 3.05) is 5.32 Å². The molecule has 1 N–H and O–H groups in total. The van der Waals surface area contributed by atoms with Gasteiger partial charge in [0.1, 0.15) is 0 Å². The number of rotatable bonds is 3. The highest BCUT2D eigenvalue weighted by Crippen LogP contribution is 2.31. The zero-order chi connectivity index (χ0) is 12.4. The van der Waals surface area contributed by atoms with Crippen LogP contribution < -0.4 is 5.32 Å². The highest BCUT2D eigenvalue weighted by Gasteiger charge is 2.22. The number of hydrogen-bond acceptors (Lipinski definition) is 1. The Labute approximate surface area is 106 Å². The summed E-state index contributed by atoms with van der Waals surface area (Å²) in [5, 5.41) is 3.75. The predicted octanol–water partition coefficient (Wildman–Crippen LogP) is 4.60. The summed E-state index contributed by atoms with van der Waals surface area (Å²) in [7, 11) is 0. The fourth-order valence-corrected chi connectivity index (χ4v) is 3.21. The van der Waals surface area contributed by atoms with Crippen LogP contribution in [-0.4, -0.2) is 6.04 Å². The van der Waals surface area contributed by atoms with E-state index in [-0.39, 0.29) is 0 Å². The van der Waals surface area contributed by atoms with Gasteiger partial charge < -0.3 is 5.32 Å². The largest absolute Gasteiger partial charge is 0.382 e.